The number of aliphatic imine (C=N–C) groups is 1. The van der Waals surface area contributed by atoms with Crippen molar-refractivity contribution in [2.45, 2.75) is 58.0 Å². The summed E-state index contributed by atoms with van der Waals surface area (Å²) in [5.74, 6) is 1.52. The van der Waals surface area contributed by atoms with E-state index in [4.69, 9.17) is 9.73 Å². The number of nitrogens with zero attached hydrogens (tertiary/aromatic N) is 1. The van der Waals surface area contributed by atoms with Crippen LogP contribution in [-0.4, -0.2) is 43.6 Å². The summed E-state index contributed by atoms with van der Waals surface area (Å²) >= 11 is 0. The molecule has 1 atom stereocenters. The number of amides is 1. The Morgan fingerprint density at radius 3 is 2.47 bits per heavy atom. The number of carbonyl (C=O) groups is 1. The highest BCUT2D eigenvalue weighted by Crippen LogP contribution is 2.18. The van der Waals surface area contributed by atoms with Crippen molar-refractivity contribution in [3.63, 3.8) is 0 Å². The van der Waals surface area contributed by atoms with Gasteiger partial charge >= 0.3 is 0 Å². The molecule has 1 amide bonds. The Kier molecular flexibility index (Phi) is 9.41. The number of hydrogen-bond donors (Lipinski definition) is 3. The molecule has 3 N–H and O–H groups in total. The van der Waals surface area contributed by atoms with Crippen molar-refractivity contribution < 1.29 is 9.53 Å². The standard InChI is InChI=1S/C26H36N4O2/c1-3-27-26(29-20(2)9-10-21-7-5-4-6-8-21)28-18-17-22-11-15-24(16-12-22)32-19-25(31)30-23-13-14-23/h4-8,11-12,15-16,20,23H,3,9-10,13-14,17-19H2,1-2H3,(H,30,31)(H2,27,28,29). The van der Waals surface area contributed by atoms with Crippen LogP contribution in [0.25, 0.3) is 0 Å². The van der Waals surface area contributed by atoms with Crippen LogP contribution in [0, 0.1) is 0 Å². The Labute approximate surface area is 191 Å². The van der Waals surface area contributed by atoms with E-state index in [9.17, 15) is 4.79 Å². The first-order chi connectivity index (χ1) is 15.6. The van der Waals surface area contributed by atoms with Crippen LogP contribution in [0.2, 0.25) is 0 Å². The minimum absolute atomic E-state index is 0.0487. The first-order valence-electron chi connectivity index (χ1n) is 11.7. The molecule has 1 aliphatic carbocycles. The van der Waals surface area contributed by atoms with Crippen molar-refractivity contribution in [1.82, 2.24) is 16.0 Å². The zero-order valence-corrected chi connectivity index (χ0v) is 19.3. The van der Waals surface area contributed by atoms with Crippen LogP contribution in [0.5, 0.6) is 5.75 Å². The van der Waals surface area contributed by atoms with E-state index >= 15 is 0 Å². The molecule has 1 aliphatic rings. The monoisotopic (exact) mass is 436 g/mol. The lowest BCUT2D eigenvalue weighted by atomic mass is 10.1. The molecule has 1 fully saturated rings. The van der Waals surface area contributed by atoms with E-state index < -0.39 is 0 Å². The third-order valence-corrected chi connectivity index (χ3v) is 5.34. The Bertz CT molecular complexity index is 848. The number of carbonyl (C=O) groups excluding carboxylic acids is 1. The van der Waals surface area contributed by atoms with E-state index in [2.05, 4.69) is 60.1 Å². The molecule has 2 aromatic carbocycles. The van der Waals surface area contributed by atoms with Crippen LogP contribution >= 0.6 is 0 Å². The number of rotatable bonds is 12. The molecule has 0 heterocycles. The summed E-state index contributed by atoms with van der Waals surface area (Å²) in [5.41, 5.74) is 2.55. The number of nitrogens with one attached hydrogen (secondary N) is 3. The minimum atomic E-state index is -0.0487. The lowest BCUT2D eigenvalue weighted by Crippen LogP contribution is -2.42. The Morgan fingerprint density at radius 2 is 1.78 bits per heavy atom. The molecule has 6 heteroatoms. The fourth-order valence-electron chi connectivity index (χ4n) is 3.35. The van der Waals surface area contributed by atoms with Crippen molar-refractivity contribution in [2.75, 3.05) is 19.7 Å². The van der Waals surface area contributed by atoms with Gasteiger partial charge in [-0.3, -0.25) is 9.79 Å². The second-order valence-electron chi connectivity index (χ2n) is 8.35. The van der Waals surface area contributed by atoms with Gasteiger partial charge < -0.3 is 20.7 Å². The summed E-state index contributed by atoms with van der Waals surface area (Å²) in [6.07, 6.45) is 5.11. The molecule has 0 radical (unpaired) electrons. The quantitative estimate of drug-likeness (QED) is 0.352. The van der Waals surface area contributed by atoms with Gasteiger partial charge in [0, 0.05) is 25.2 Å². The second-order valence-corrected chi connectivity index (χ2v) is 8.35. The van der Waals surface area contributed by atoms with Crippen molar-refractivity contribution in [2.24, 2.45) is 4.99 Å². The van der Waals surface area contributed by atoms with E-state index in [1.165, 1.54) is 11.1 Å². The first kappa shape index (κ1) is 23.6. The van der Waals surface area contributed by atoms with Gasteiger partial charge in [0.25, 0.3) is 5.91 Å². The fourth-order valence-corrected chi connectivity index (χ4v) is 3.35. The summed E-state index contributed by atoms with van der Waals surface area (Å²) in [4.78, 5) is 16.4. The summed E-state index contributed by atoms with van der Waals surface area (Å²) in [6, 6.07) is 19.2. The highest BCUT2D eigenvalue weighted by molar-refractivity contribution is 5.80. The summed E-state index contributed by atoms with van der Waals surface area (Å²) in [6.45, 7) is 5.87. The van der Waals surface area contributed by atoms with Crippen molar-refractivity contribution in [3.8, 4) is 5.75 Å². The highest BCUT2D eigenvalue weighted by atomic mass is 16.5. The van der Waals surface area contributed by atoms with Crippen LogP contribution in [0.1, 0.15) is 44.2 Å². The maximum Gasteiger partial charge on any atom is 0.258 e. The number of benzene rings is 2. The number of hydrogen-bond acceptors (Lipinski definition) is 3. The Hall–Kier alpha value is -3.02. The molecule has 2 aromatic rings. The topological polar surface area (TPSA) is 74.8 Å². The lowest BCUT2D eigenvalue weighted by Gasteiger charge is -2.18. The second kappa shape index (κ2) is 12.7. The van der Waals surface area contributed by atoms with Crippen LogP contribution in [-0.2, 0) is 17.6 Å². The predicted molar refractivity (Wildman–Crippen MR) is 130 cm³/mol. The van der Waals surface area contributed by atoms with Crippen LogP contribution < -0.4 is 20.7 Å². The lowest BCUT2D eigenvalue weighted by molar-refractivity contribution is -0.123. The smallest absolute Gasteiger partial charge is 0.258 e. The van der Waals surface area contributed by atoms with Crippen LogP contribution in [0.4, 0.5) is 0 Å². The molecule has 3 rings (SSSR count). The van der Waals surface area contributed by atoms with Gasteiger partial charge in [0.2, 0.25) is 0 Å². The number of ether oxygens (including phenoxy) is 1. The molecular weight excluding hydrogens is 400 g/mol. The van der Waals surface area contributed by atoms with Gasteiger partial charge in [0.05, 0.1) is 0 Å². The predicted octanol–water partition coefficient (Wildman–Crippen LogP) is 3.46. The third kappa shape index (κ3) is 9.00. The molecule has 0 bridgehead atoms. The number of aryl methyl sites for hydroxylation is 1. The van der Waals surface area contributed by atoms with Crippen LogP contribution in [0.3, 0.4) is 0 Å². The van der Waals surface area contributed by atoms with Crippen molar-refractivity contribution >= 4 is 11.9 Å². The van der Waals surface area contributed by atoms with E-state index in [1.807, 2.05) is 24.3 Å². The minimum Gasteiger partial charge on any atom is -0.484 e. The van der Waals surface area contributed by atoms with E-state index in [1.54, 1.807) is 0 Å². The summed E-state index contributed by atoms with van der Waals surface area (Å²) in [7, 11) is 0. The zero-order valence-electron chi connectivity index (χ0n) is 19.3. The van der Waals surface area contributed by atoms with E-state index in [-0.39, 0.29) is 12.5 Å². The molecular formula is C26H36N4O2. The van der Waals surface area contributed by atoms with Gasteiger partial charge in [-0.1, -0.05) is 42.5 Å². The first-order valence-corrected chi connectivity index (χ1v) is 11.7. The average molecular weight is 437 g/mol. The summed E-state index contributed by atoms with van der Waals surface area (Å²) < 4.78 is 5.57. The SMILES string of the molecule is CCNC(=NCCc1ccc(OCC(=O)NC2CC2)cc1)NC(C)CCc1ccccc1. The van der Waals surface area contributed by atoms with Gasteiger partial charge in [-0.2, -0.15) is 0 Å². The molecule has 6 nitrogen and oxygen atoms in total. The van der Waals surface area contributed by atoms with Gasteiger partial charge in [-0.25, -0.2) is 0 Å². The molecule has 1 unspecified atom stereocenters. The Morgan fingerprint density at radius 1 is 1.06 bits per heavy atom. The van der Waals surface area contributed by atoms with E-state index in [0.717, 1.165) is 44.6 Å². The molecule has 0 saturated heterocycles. The highest BCUT2D eigenvalue weighted by Gasteiger charge is 2.23. The maximum atomic E-state index is 11.7. The molecule has 0 spiro atoms. The van der Waals surface area contributed by atoms with Crippen molar-refractivity contribution in [1.29, 1.82) is 0 Å². The molecule has 32 heavy (non-hydrogen) atoms. The fraction of sp³-hybridized carbons (Fsp3) is 0.462. The molecule has 1 saturated carbocycles. The molecule has 172 valence electrons. The van der Waals surface area contributed by atoms with E-state index in [0.29, 0.717) is 24.4 Å². The van der Waals surface area contributed by atoms with Crippen LogP contribution in [0.15, 0.2) is 59.6 Å². The van der Waals surface area contributed by atoms with Gasteiger partial charge in [0.15, 0.2) is 12.6 Å². The van der Waals surface area contributed by atoms with Crippen molar-refractivity contribution in [3.05, 3.63) is 65.7 Å². The van der Waals surface area contributed by atoms with Gasteiger partial charge in [-0.15, -0.1) is 0 Å². The number of guanidine groups is 1. The van der Waals surface area contributed by atoms with Gasteiger partial charge in [0.1, 0.15) is 5.75 Å². The average Bonchev–Trinajstić information content (AvgIpc) is 3.62. The summed E-state index contributed by atoms with van der Waals surface area (Å²) in [5, 5.41) is 9.77. The van der Waals surface area contributed by atoms with Gasteiger partial charge in [-0.05, 0) is 69.2 Å². The zero-order chi connectivity index (χ0) is 22.6. The molecule has 0 aromatic heterocycles. The normalized spacial score (nSPS) is 14.5. The third-order valence-electron chi connectivity index (χ3n) is 5.34. The Balaban J connectivity index is 1.39. The largest absolute Gasteiger partial charge is 0.484 e. The molecule has 0 aliphatic heterocycles. The maximum absolute atomic E-state index is 11.7.